The van der Waals surface area contributed by atoms with E-state index >= 15 is 0 Å². The number of hydrogen-bond acceptors (Lipinski definition) is 2. The van der Waals surface area contributed by atoms with Crippen LogP contribution in [0.3, 0.4) is 0 Å². The average Bonchev–Trinajstić information content (AvgIpc) is 2.17. The first-order chi connectivity index (χ1) is 6.72. The third kappa shape index (κ3) is 3.77. The molecule has 1 unspecified atom stereocenters. The molecule has 1 aromatic rings. The molecule has 0 aliphatic heterocycles. The monoisotopic (exact) mass is 193 g/mol. The maximum atomic E-state index is 5.61. The quantitative estimate of drug-likeness (QED) is 0.716. The van der Waals surface area contributed by atoms with Crippen LogP contribution < -0.4 is 4.74 Å². The Morgan fingerprint density at radius 2 is 2.21 bits per heavy atom. The summed E-state index contributed by atoms with van der Waals surface area (Å²) in [5.74, 6) is 1.50. The third-order valence-electron chi connectivity index (χ3n) is 2.20. The van der Waals surface area contributed by atoms with Crippen LogP contribution in [0.25, 0.3) is 0 Å². The summed E-state index contributed by atoms with van der Waals surface area (Å²) in [4.78, 5) is 4.18. The summed E-state index contributed by atoms with van der Waals surface area (Å²) >= 11 is 0. The molecule has 0 saturated heterocycles. The first-order valence-corrected chi connectivity index (χ1v) is 5.27. The minimum Gasteiger partial charge on any atom is -0.492 e. The van der Waals surface area contributed by atoms with Crippen molar-refractivity contribution in [1.29, 1.82) is 0 Å². The van der Waals surface area contributed by atoms with Crippen LogP contribution in [0, 0.1) is 12.8 Å². The molecule has 0 amide bonds. The van der Waals surface area contributed by atoms with Gasteiger partial charge in [-0.05, 0) is 31.4 Å². The highest BCUT2D eigenvalue weighted by atomic mass is 16.5. The van der Waals surface area contributed by atoms with E-state index in [-0.39, 0.29) is 0 Å². The highest BCUT2D eigenvalue weighted by Gasteiger charge is 2.01. The molecule has 0 saturated carbocycles. The summed E-state index contributed by atoms with van der Waals surface area (Å²) in [7, 11) is 0. The molecule has 78 valence electrons. The van der Waals surface area contributed by atoms with Crippen molar-refractivity contribution < 1.29 is 4.74 Å². The van der Waals surface area contributed by atoms with Gasteiger partial charge in [-0.3, -0.25) is 4.98 Å². The van der Waals surface area contributed by atoms with E-state index in [1.807, 2.05) is 19.1 Å². The zero-order chi connectivity index (χ0) is 10.4. The number of pyridine rings is 1. The minimum absolute atomic E-state index is 0.626. The van der Waals surface area contributed by atoms with Crippen LogP contribution in [-0.2, 0) is 0 Å². The van der Waals surface area contributed by atoms with Gasteiger partial charge >= 0.3 is 0 Å². The number of nitrogens with zero attached hydrogens (tertiary/aromatic N) is 1. The Kier molecular flexibility index (Phi) is 4.44. The number of aromatic nitrogens is 1. The van der Waals surface area contributed by atoms with Crippen molar-refractivity contribution in [2.24, 2.45) is 5.92 Å². The van der Waals surface area contributed by atoms with Crippen LogP contribution in [-0.4, -0.2) is 11.6 Å². The topological polar surface area (TPSA) is 22.1 Å². The Hall–Kier alpha value is -1.05. The van der Waals surface area contributed by atoms with Gasteiger partial charge in [0.15, 0.2) is 0 Å². The number of hydrogen-bond donors (Lipinski definition) is 0. The van der Waals surface area contributed by atoms with Crippen LogP contribution >= 0.6 is 0 Å². The van der Waals surface area contributed by atoms with E-state index < -0.39 is 0 Å². The standard InChI is InChI=1S/C12H19NO/c1-4-5-10(2)9-14-12-7-6-11(3)13-8-12/h6-8,10H,4-5,9H2,1-3H3. The Bertz CT molecular complexity index is 256. The SMILES string of the molecule is CCCC(C)COc1ccc(C)nc1. The number of rotatable bonds is 5. The third-order valence-corrected chi connectivity index (χ3v) is 2.20. The van der Waals surface area contributed by atoms with Crippen molar-refractivity contribution in [1.82, 2.24) is 4.98 Å². The smallest absolute Gasteiger partial charge is 0.137 e. The maximum Gasteiger partial charge on any atom is 0.137 e. The number of aryl methyl sites for hydroxylation is 1. The summed E-state index contributed by atoms with van der Waals surface area (Å²) in [5.41, 5.74) is 1.03. The van der Waals surface area contributed by atoms with E-state index in [9.17, 15) is 0 Å². The highest BCUT2D eigenvalue weighted by Crippen LogP contribution is 2.12. The molecule has 0 aliphatic rings. The molecule has 0 aromatic carbocycles. The molecule has 0 bridgehead atoms. The molecule has 1 heterocycles. The van der Waals surface area contributed by atoms with Gasteiger partial charge in [-0.25, -0.2) is 0 Å². The van der Waals surface area contributed by atoms with Gasteiger partial charge in [0.2, 0.25) is 0 Å². The largest absolute Gasteiger partial charge is 0.492 e. The molecule has 0 N–H and O–H groups in total. The molecule has 14 heavy (non-hydrogen) atoms. The lowest BCUT2D eigenvalue weighted by Crippen LogP contribution is -2.08. The van der Waals surface area contributed by atoms with Crippen LogP contribution in [0.5, 0.6) is 5.75 Å². The summed E-state index contributed by atoms with van der Waals surface area (Å²) < 4.78 is 5.61. The van der Waals surface area contributed by atoms with E-state index in [4.69, 9.17) is 4.74 Å². The second kappa shape index (κ2) is 5.63. The van der Waals surface area contributed by atoms with E-state index in [1.54, 1.807) is 6.20 Å². The summed E-state index contributed by atoms with van der Waals surface area (Å²) in [6, 6.07) is 3.95. The molecular formula is C12H19NO. The fraction of sp³-hybridized carbons (Fsp3) is 0.583. The molecule has 0 radical (unpaired) electrons. The van der Waals surface area contributed by atoms with E-state index in [2.05, 4.69) is 18.8 Å². The van der Waals surface area contributed by atoms with E-state index in [0.29, 0.717) is 5.92 Å². The summed E-state index contributed by atoms with van der Waals surface area (Å²) in [6.07, 6.45) is 4.23. The number of ether oxygens (including phenoxy) is 1. The molecule has 2 heteroatoms. The average molecular weight is 193 g/mol. The first kappa shape index (κ1) is 11.0. The fourth-order valence-electron chi connectivity index (χ4n) is 1.35. The predicted molar refractivity (Wildman–Crippen MR) is 58.5 cm³/mol. The van der Waals surface area contributed by atoms with Gasteiger partial charge in [0.05, 0.1) is 12.8 Å². The first-order valence-electron chi connectivity index (χ1n) is 5.27. The molecular weight excluding hydrogens is 174 g/mol. The Labute approximate surface area is 86.3 Å². The fourth-order valence-corrected chi connectivity index (χ4v) is 1.35. The molecule has 1 aromatic heterocycles. The van der Waals surface area contributed by atoms with Crippen LogP contribution in [0.1, 0.15) is 32.4 Å². The predicted octanol–water partition coefficient (Wildman–Crippen LogP) is 3.21. The van der Waals surface area contributed by atoms with Crippen molar-refractivity contribution in [2.45, 2.75) is 33.6 Å². The molecule has 1 atom stereocenters. The summed E-state index contributed by atoms with van der Waals surface area (Å²) in [5, 5.41) is 0. The highest BCUT2D eigenvalue weighted by molar-refractivity contribution is 5.18. The van der Waals surface area contributed by atoms with Crippen molar-refractivity contribution >= 4 is 0 Å². The van der Waals surface area contributed by atoms with Gasteiger partial charge in [-0.1, -0.05) is 20.3 Å². The van der Waals surface area contributed by atoms with Gasteiger partial charge in [0.25, 0.3) is 0 Å². The Morgan fingerprint density at radius 3 is 2.79 bits per heavy atom. The molecule has 0 aliphatic carbocycles. The zero-order valence-corrected chi connectivity index (χ0v) is 9.29. The van der Waals surface area contributed by atoms with E-state index in [0.717, 1.165) is 18.1 Å². The maximum absolute atomic E-state index is 5.61. The Morgan fingerprint density at radius 1 is 1.43 bits per heavy atom. The lowest BCUT2D eigenvalue weighted by atomic mass is 10.1. The van der Waals surface area contributed by atoms with Gasteiger partial charge in [-0.15, -0.1) is 0 Å². The molecule has 1 rings (SSSR count). The van der Waals surface area contributed by atoms with Gasteiger partial charge in [0.1, 0.15) is 5.75 Å². The lowest BCUT2D eigenvalue weighted by molar-refractivity contribution is 0.250. The molecule has 0 spiro atoms. The van der Waals surface area contributed by atoms with Gasteiger partial charge in [-0.2, -0.15) is 0 Å². The molecule has 2 nitrogen and oxygen atoms in total. The van der Waals surface area contributed by atoms with E-state index in [1.165, 1.54) is 12.8 Å². The minimum atomic E-state index is 0.626. The normalized spacial score (nSPS) is 12.5. The molecule has 0 fully saturated rings. The van der Waals surface area contributed by atoms with Crippen molar-refractivity contribution in [3.8, 4) is 5.75 Å². The lowest BCUT2D eigenvalue weighted by Gasteiger charge is -2.11. The van der Waals surface area contributed by atoms with Crippen LogP contribution in [0.4, 0.5) is 0 Å². The van der Waals surface area contributed by atoms with Gasteiger partial charge in [0, 0.05) is 5.69 Å². The van der Waals surface area contributed by atoms with Crippen molar-refractivity contribution in [2.75, 3.05) is 6.61 Å². The van der Waals surface area contributed by atoms with Gasteiger partial charge < -0.3 is 4.74 Å². The van der Waals surface area contributed by atoms with Crippen LogP contribution in [0.15, 0.2) is 18.3 Å². The second-order valence-corrected chi connectivity index (χ2v) is 3.84. The Balaban J connectivity index is 2.34. The van der Waals surface area contributed by atoms with Crippen LogP contribution in [0.2, 0.25) is 0 Å². The summed E-state index contributed by atoms with van der Waals surface area (Å²) in [6.45, 7) is 7.18. The van der Waals surface area contributed by atoms with Crippen molar-refractivity contribution in [3.63, 3.8) is 0 Å². The van der Waals surface area contributed by atoms with Crippen molar-refractivity contribution in [3.05, 3.63) is 24.0 Å². The zero-order valence-electron chi connectivity index (χ0n) is 9.29. The second-order valence-electron chi connectivity index (χ2n) is 3.84.